The highest BCUT2D eigenvalue weighted by Gasteiger charge is 2.11. The number of carbonyl (C=O) groups excluding carboxylic acids is 1. The van der Waals surface area contributed by atoms with Crippen molar-refractivity contribution < 1.29 is 4.79 Å². The second-order valence-electron chi connectivity index (χ2n) is 5.89. The molecule has 0 radical (unpaired) electrons. The highest BCUT2D eigenvalue weighted by Crippen LogP contribution is 2.17. The Morgan fingerprint density at radius 1 is 1.00 bits per heavy atom. The van der Waals surface area contributed by atoms with Gasteiger partial charge >= 0.3 is 0 Å². The van der Waals surface area contributed by atoms with Crippen molar-refractivity contribution in [1.29, 1.82) is 0 Å². The molecule has 0 heterocycles. The molecule has 1 N–H and O–H groups in total. The Labute approximate surface area is 123 Å². The smallest absolute Gasteiger partial charge is 0.162 e. The number of hydrogen-bond donors (Lipinski definition) is 1. The average molecular weight is 273 g/mol. The molecule has 0 atom stereocenters. The number of rotatable bonds is 8. The van der Waals surface area contributed by atoms with Gasteiger partial charge in [0.05, 0.1) is 0 Å². The zero-order chi connectivity index (χ0) is 14.0. The molecular weight excluding hydrogens is 246 g/mol. The Balaban J connectivity index is 1.50. The minimum absolute atomic E-state index is 0.283. The van der Waals surface area contributed by atoms with Crippen LogP contribution in [0.5, 0.6) is 0 Å². The summed E-state index contributed by atoms with van der Waals surface area (Å²) in [6, 6.07) is 10.4. The standard InChI is InChI=1S/C18H27NO/c20-18(16-10-4-1-5-11-16)14-8-3-9-15-19-17-12-6-2-7-13-17/h1,4-5,10-11,17,19H,2-3,6-9,12-15H2. The van der Waals surface area contributed by atoms with Gasteiger partial charge < -0.3 is 5.32 Å². The van der Waals surface area contributed by atoms with E-state index in [1.807, 2.05) is 30.3 Å². The second kappa shape index (κ2) is 8.91. The van der Waals surface area contributed by atoms with Gasteiger partial charge in [-0.3, -0.25) is 4.79 Å². The summed E-state index contributed by atoms with van der Waals surface area (Å²) in [5, 5.41) is 3.66. The minimum Gasteiger partial charge on any atom is -0.314 e. The summed E-state index contributed by atoms with van der Waals surface area (Å²) >= 11 is 0. The fraction of sp³-hybridized carbons (Fsp3) is 0.611. The lowest BCUT2D eigenvalue weighted by atomic mass is 9.95. The summed E-state index contributed by atoms with van der Waals surface area (Å²) in [7, 11) is 0. The van der Waals surface area contributed by atoms with E-state index in [2.05, 4.69) is 5.32 Å². The predicted molar refractivity (Wildman–Crippen MR) is 84.1 cm³/mol. The Hall–Kier alpha value is -1.15. The summed E-state index contributed by atoms with van der Waals surface area (Å²) < 4.78 is 0. The summed E-state index contributed by atoms with van der Waals surface area (Å²) in [6.07, 6.45) is 11.0. The third-order valence-electron chi connectivity index (χ3n) is 4.21. The van der Waals surface area contributed by atoms with Crippen molar-refractivity contribution in [3.63, 3.8) is 0 Å². The Kier molecular flexibility index (Phi) is 6.79. The first-order chi connectivity index (χ1) is 9.86. The van der Waals surface area contributed by atoms with E-state index in [0.717, 1.165) is 31.0 Å². The van der Waals surface area contributed by atoms with E-state index in [1.54, 1.807) is 0 Å². The van der Waals surface area contributed by atoms with E-state index in [9.17, 15) is 4.79 Å². The number of hydrogen-bond acceptors (Lipinski definition) is 2. The van der Waals surface area contributed by atoms with Gasteiger partial charge in [-0.05, 0) is 32.2 Å². The molecule has 1 fully saturated rings. The second-order valence-corrected chi connectivity index (χ2v) is 5.89. The van der Waals surface area contributed by atoms with Gasteiger partial charge in [0, 0.05) is 18.0 Å². The van der Waals surface area contributed by atoms with Crippen molar-refractivity contribution in [1.82, 2.24) is 5.32 Å². The van der Waals surface area contributed by atoms with E-state index in [0.29, 0.717) is 6.42 Å². The molecule has 0 bridgehead atoms. The molecule has 1 aliphatic rings. The van der Waals surface area contributed by atoms with Crippen molar-refractivity contribution >= 4 is 5.78 Å². The molecule has 0 unspecified atom stereocenters. The van der Waals surface area contributed by atoms with E-state index in [4.69, 9.17) is 0 Å². The molecule has 0 saturated heterocycles. The van der Waals surface area contributed by atoms with Crippen LogP contribution in [-0.4, -0.2) is 18.4 Å². The van der Waals surface area contributed by atoms with Crippen LogP contribution < -0.4 is 5.32 Å². The molecule has 0 aromatic heterocycles. The van der Waals surface area contributed by atoms with E-state index >= 15 is 0 Å². The van der Waals surface area contributed by atoms with Crippen molar-refractivity contribution in [2.24, 2.45) is 0 Å². The monoisotopic (exact) mass is 273 g/mol. The maximum absolute atomic E-state index is 11.9. The van der Waals surface area contributed by atoms with Crippen LogP contribution in [0.25, 0.3) is 0 Å². The van der Waals surface area contributed by atoms with Gasteiger partial charge in [-0.1, -0.05) is 56.0 Å². The fourth-order valence-electron chi connectivity index (χ4n) is 2.97. The lowest BCUT2D eigenvalue weighted by molar-refractivity contribution is 0.0979. The number of Topliss-reactive ketones (excluding diaryl/α,β-unsaturated/α-hetero) is 1. The summed E-state index contributed by atoms with van der Waals surface area (Å²) in [4.78, 5) is 11.9. The van der Waals surface area contributed by atoms with Crippen LogP contribution in [0.1, 0.15) is 68.1 Å². The number of unbranched alkanes of at least 4 members (excludes halogenated alkanes) is 2. The number of benzene rings is 1. The van der Waals surface area contributed by atoms with Crippen molar-refractivity contribution in [2.45, 2.75) is 63.8 Å². The Bertz CT molecular complexity index is 382. The van der Waals surface area contributed by atoms with Crippen LogP contribution in [0.15, 0.2) is 30.3 Å². The van der Waals surface area contributed by atoms with Gasteiger partial charge in [-0.15, -0.1) is 0 Å². The fourth-order valence-corrected chi connectivity index (χ4v) is 2.97. The molecule has 1 aromatic carbocycles. The largest absolute Gasteiger partial charge is 0.314 e. The topological polar surface area (TPSA) is 29.1 Å². The third kappa shape index (κ3) is 5.46. The molecule has 0 amide bonds. The molecule has 0 aliphatic heterocycles. The summed E-state index contributed by atoms with van der Waals surface area (Å²) in [5.74, 6) is 0.283. The molecular formula is C18H27NO. The van der Waals surface area contributed by atoms with Gasteiger partial charge in [0.25, 0.3) is 0 Å². The molecule has 2 rings (SSSR count). The number of nitrogens with one attached hydrogen (secondary N) is 1. The van der Waals surface area contributed by atoms with E-state index in [-0.39, 0.29) is 5.78 Å². The van der Waals surface area contributed by atoms with E-state index in [1.165, 1.54) is 38.5 Å². The molecule has 0 spiro atoms. The van der Waals surface area contributed by atoms with Crippen molar-refractivity contribution in [3.8, 4) is 0 Å². The minimum atomic E-state index is 0.283. The van der Waals surface area contributed by atoms with E-state index < -0.39 is 0 Å². The molecule has 1 aromatic rings. The van der Waals surface area contributed by atoms with Gasteiger partial charge in [0.1, 0.15) is 0 Å². The normalized spacial score (nSPS) is 16.2. The number of carbonyl (C=O) groups is 1. The molecule has 1 saturated carbocycles. The Morgan fingerprint density at radius 3 is 2.50 bits per heavy atom. The first-order valence-corrected chi connectivity index (χ1v) is 8.18. The first kappa shape index (κ1) is 15.2. The maximum Gasteiger partial charge on any atom is 0.162 e. The molecule has 1 aliphatic carbocycles. The third-order valence-corrected chi connectivity index (χ3v) is 4.21. The van der Waals surface area contributed by atoms with Crippen LogP contribution in [0.4, 0.5) is 0 Å². The number of ketones is 1. The average Bonchev–Trinajstić information content (AvgIpc) is 2.52. The first-order valence-electron chi connectivity index (χ1n) is 8.18. The zero-order valence-corrected chi connectivity index (χ0v) is 12.4. The maximum atomic E-state index is 11.9. The van der Waals surface area contributed by atoms with Crippen LogP contribution in [0.3, 0.4) is 0 Å². The zero-order valence-electron chi connectivity index (χ0n) is 12.4. The molecule has 2 nitrogen and oxygen atoms in total. The predicted octanol–water partition coefficient (Wildman–Crippen LogP) is 4.35. The quantitative estimate of drug-likeness (QED) is 0.563. The van der Waals surface area contributed by atoms with Gasteiger partial charge in [0.15, 0.2) is 5.78 Å². The van der Waals surface area contributed by atoms with Gasteiger partial charge in [-0.2, -0.15) is 0 Å². The van der Waals surface area contributed by atoms with Crippen LogP contribution in [0.2, 0.25) is 0 Å². The lowest BCUT2D eigenvalue weighted by Crippen LogP contribution is -2.31. The highest BCUT2D eigenvalue weighted by atomic mass is 16.1. The lowest BCUT2D eigenvalue weighted by Gasteiger charge is -2.22. The summed E-state index contributed by atoms with van der Waals surface area (Å²) in [5.41, 5.74) is 0.854. The Morgan fingerprint density at radius 2 is 1.75 bits per heavy atom. The van der Waals surface area contributed by atoms with Crippen LogP contribution >= 0.6 is 0 Å². The summed E-state index contributed by atoms with van der Waals surface area (Å²) in [6.45, 7) is 1.12. The van der Waals surface area contributed by atoms with Crippen LogP contribution in [0, 0.1) is 0 Å². The molecule has 20 heavy (non-hydrogen) atoms. The molecule has 110 valence electrons. The van der Waals surface area contributed by atoms with Gasteiger partial charge in [0.2, 0.25) is 0 Å². The SMILES string of the molecule is O=C(CCCCCNC1CCCCC1)c1ccccc1. The van der Waals surface area contributed by atoms with Gasteiger partial charge in [-0.25, -0.2) is 0 Å². The highest BCUT2D eigenvalue weighted by molar-refractivity contribution is 5.95. The van der Waals surface area contributed by atoms with Crippen molar-refractivity contribution in [2.75, 3.05) is 6.54 Å². The van der Waals surface area contributed by atoms with Crippen LogP contribution in [-0.2, 0) is 0 Å². The van der Waals surface area contributed by atoms with Crippen molar-refractivity contribution in [3.05, 3.63) is 35.9 Å². The molecule has 2 heteroatoms.